The molecule has 1 rings (SSSR count). The fraction of sp³-hybridized carbons (Fsp3) is 1.00. The Labute approximate surface area is 103 Å². The van der Waals surface area contributed by atoms with E-state index >= 15 is 0 Å². The third-order valence-corrected chi connectivity index (χ3v) is 5.25. The third kappa shape index (κ3) is 3.55. The lowest BCUT2D eigenvalue weighted by Crippen LogP contribution is -2.59. The van der Waals surface area contributed by atoms with Gasteiger partial charge >= 0.3 is 0 Å². The van der Waals surface area contributed by atoms with Gasteiger partial charge in [-0.3, -0.25) is 4.90 Å². The summed E-state index contributed by atoms with van der Waals surface area (Å²) >= 11 is 4.37. The molecule has 0 aliphatic carbocycles. The Morgan fingerprint density at radius 2 is 1.87 bits per heavy atom. The number of nitrogens with zero attached hydrogens (tertiary/aromatic N) is 1. The second-order valence-electron chi connectivity index (χ2n) is 5.86. The van der Waals surface area contributed by atoms with Gasteiger partial charge < -0.3 is 5.32 Å². The number of rotatable bonds is 2. The predicted molar refractivity (Wildman–Crippen MR) is 73.5 cm³/mol. The van der Waals surface area contributed by atoms with Gasteiger partial charge in [0.05, 0.1) is 4.87 Å². The van der Waals surface area contributed by atoms with Crippen molar-refractivity contribution in [3.8, 4) is 0 Å². The monoisotopic (exact) mass is 248 g/mol. The van der Waals surface area contributed by atoms with Crippen LogP contribution in [0.25, 0.3) is 0 Å². The van der Waals surface area contributed by atoms with Gasteiger partial charge in [0.15, 0.2) is 0 Å². The quantitative estimate of drug-likeness (QED) is 0.577. The van der Waals surface area contributed by atoms with Gasteiger partial charge in [0.1, 0.15) is 0 Å². The third-order valence-electron chi connectivity index (χ3n) is 3.21. The van der Waals surface area contributed by atoms with Crippen molar-refractivity contribution < 1.29 is 0 Å². The topological polar surface area (TPSA) is 15.3 Å². The smallest absolute Gasteiger partial charge is 0.0714 e. The summed E-state index contributed by atoms with van der Waals surface area (Å²) in [5.74, 6) is 0. The fourth-order valence-electron chi connectivity index (χ4n) is 1.88. The molecule has 0 spiro atoms. The summed E-state index contributed by atoms with van der Waals surface area (Å²) in [5, 5.41) is 3.61. The van der Waals surface area contributed by atoms with E-state index in [-0.39, 0.29) is 4.87 Å². The van der Waals surface area contributed by atoms with Crippen molar-refractivity contribution in [3.05, 3.63) is 0 Å². The van der Waals surface area contributed by atoms with Crippen LogP contribution in [-0.4, -0.2) is 35.4 Å². The van der Waals surface area contributed by atoms with E-state index in [4.69, 9.17) is 0 Å². The van der Waals surface area contributed by atoms with Crippen LogP contribution in [0, 0.1) is 5.41 Å². The lowest BCUT2D eigenvalue weighted by Gasteiger charge is -2.46. The van der Waals surface area contributed by atoms with Crippen LogP contribution in [0.2, 0.25) is 0 Å². The molecular formula is C11H24N2S2. The van der Waals surface area contributed by atoms with Crippen LogP contribution in [0.4, 0.5) is 0 Å². The van der Waals surface area contributed by atoms with Gasteiger partial charge in [-0.2, -0.15) is 0 Å². The van der Waals surface area contributed by atoms with E-state index in [1.807, 2.05) is 0 Å². The van der Waals surface area contributed by atoms with Gasteiger partial charge in [0.25, 0.3) is 0 Å². The highest BCUT2D eigenvalue weighted by atomic mass is 33.1. The van der Waals surface area contributed by atoms with Gasteiger partial charge in [-0.05, 0) is 19.3 Å². The first-order valence-electron chi connectivity index (χ1n) is 5.58. The van der Waals surface area contributed by atoms with Crippen molar-refractivity contribution >= 4 is 22.5 Å². The molecule has 1 heterocycles. The maximum Gasteiger partial charge on any atom is 0.0714 e. The minimum absolute atomic E-state index is 0.134. The Kier molecular flexibility index (Phi) is 4.43. The number of hydrogen-bond donors (Lipinski definition) is 2. The standard InChI is InChI=1S/C11H24N2S2/c1-10(2,3)9-8-13(7-6-12-9)11(4,5)15-14/h9,12,14H,6-8H2,1-5H3. The number of hydrogen-bond acceptors (Lipinski definition) is 4. The molecule has 0 aromatic heterocycles. The average molecular weight is 248 g/mol. The summed E-state index contributed by atoms with van der Waals surface area (Å²) in [4.78, 5) is 2.66. The number of nitrogens with one attached hydrogen (secondary N) is 1. The molecule has 1 fully saturated rings. The zero-order chi connectivity index (χ0) is 11.7. The highest BCUT2D eigenvalue weighted by molar-refractivity contribution is 8.69. The first kappa shape index (κ1) is 13.7. The molecule has 1 aliphatic heterocycles. The molecule has 1 atom stereocenters. The van der Waals surface area contributed by atoms with E-state index in [1.165, 1.54) is 0 Å². The normalized spacial score (nSPS) is 25.6. The van der Waals surface area contributed by atoms with E-state index < -0.39 is 0 Å². The molecule has 0 aromatic carbocycles. The van der Waals surface area contributed by atoms with Crippen LogP contribution >= 0.6 is 22.5 Å². The first-order valence-corrected chi connectivity index (χ1v) is 7.45. The molecule has 15 heavy (non-hydrogen) atoms. The SMILES string of the molecule is CC(C)(C)C1CN(C(C)(C)SS)CCN1. The molecule has 0 aromatic rings. The number of thiol groups is 1. The second-order valence-corrected chi connectivity index (χ2v) is 7.59. The van der Waals surface area contributed by atoms with Crippen molar-refractivity contribution in [1.29, 1.82) is 0 Å². The first-order chi connectivity index (χ1) is 6.77. The van der Waals surface area contributed by atoms with Gasteiger partial charge in [0, 0.05) is 25.7 Å². The summed E-state index contributed by atoms with van der Waals surface area (Å²) in [6, 6.07) is 0.575. The summed E-state index contributed by atoms with van der Waals surface area (Å²) in [6.45, 7) is 14.7. The highest BCUT2D eigenvalue weighted by Crippen LogP contribution is 2.33. The highest BCUT2D eigenvalue weighted by Gasteiger charge is 2.35. The predicted octanol–water partition coefficient (Wildman–Crippen LogP) is 2.62. The van der Waals surface area contributed by atoms with Crippen molar-refractivity contribution in [1.82, 2.24) is 10.2 Å². The van der Waals surface area contributed by atoms with Crippen LogP contribution in [0.15, 0.2) is 0 Å². The number of piperazine rings is 1. The minimum atomic E-state index is 0.134. The molecule has 1 unspecified atom stereocenters. The fourth-order valence-corrected chi connectivity index (χ4v) is 2.50. The van der Waals surface area contributed by atoms with E-state index in [9.17, 15) is 0 Å². The molecular weight excluding hydrogens is 224 g/mol. The largest absolute Gasteiger partial charge is 0.311 e. The molecule has 90 valence electrons. The molecule has 0 bridgehead atoms. The van der Waals surface area contributed by atoms with Crippen LogP contribution in [-0.2, 0) is 0 Å². The van der Waals surface area contributed by atoms with Crippen molar-refractivity contribution in [2.45, 2.75) is 45.5 Å². The zero-order valence-corrected chi connectivity index (χ0v) is 12.2. The summed E-state index contributed by atoms with van der Waals surface area (Å²) in [6.07, 6.45) is 0. The van der Waals surface area contributed by atoms with Crippen LogP contribution in [0.1, 0.15) is 34.6 Å². The van der Waals surface area contributed by atoms with Crippen LogP contribution in [0.5, 0.6) is 0 Å². The van der Waals surface area contributed by atoms with Crippen LogP contribution < -0.4 is 5.32 Å². The Bertz CT molecular complexity index is 211. The molecule has 2 nitrogen and oxygen atoms in total. The molecule has 1 aliphatic rings. The Balaban J connectivity index is 2.64. The molecule has 1 saturated heterocycles. The molecule has 1 N–H and O–H groups in total. The minimum Gasteiger partial charge on any atom is -0.311 e. The van der Waals surface area contributed by atoms with Gasteiger partial charge in [0.2, 0.25) is 0 Å². The molecule has 0 amide bonds. The van der Waals surface area contributed by atoms with Gasteiger partial charge in [-0.1, -0.05) is 31.6 Å². The lowest BCUT2D eigenvalue weighted by molar-refractivity contribution is 0.0976. The average Bonchev–Trinajstić information content (AvgIpc) is 2.17. The maximum absolute atomic E-state index is 4.37. The van der Waals surface area contributed by atoms with E-state index in [0.29, 0.717) is 11.5 Å². The lowest BCUT2D eigenvalue weighted by atomic mass is 9.85. The second kappa shape index (κ2) is 4.86. The van der Waals surface area contributed by atoms with Crippen molar-refractivity contribution in [2.24, 2.45) is 5.41 Å². The summed E-state index contributed by atoms with van der Waals surface area (Å²) < 4.78 is 0. The maximum atomic E-state index is 4.37. The Morgan fingerprint density at radius 3 is 2.33 bits per heavy atom. The van der Waals surface area contributed by atoms with Crippen molar-refractivity contribution in [3.63, 3.8) is 0 Å². The van der Waals surface area contributed by atoms with Crippen LogP contribution in [0.3, 0.4) is 0 Å². The zero-order valence-electron chi connectivity index (χ0n) is 10.5. The van der Waals surface area contributed by atoms with E-state index in [1.54, 1.807) is 10.8 Å². The van der Waals surface area contributed by atoms with E-state index in [2.05, 4.69) is 56.5 Å². The van der Waals surface area contributed by atoms with Crippen molar-refractivity contribution in [2.75, 3.05) is 19.6 Å². The Hall–Kier alpha value is 0.620. The Morgan fingerprint density at radius 1 is 1.27 bits per heavy atom. The summed E-state index contributed by atoms with van der Waals surface area (Å²) in [5.41, 5.74) is 0.329. The molecule has 0 radical (unpaired) electrons. The van der Waals surface area contributed by atoms with Gasteiger partial charge in [-0.25, -0.2) is 0 Å². The molecule has 4 heteroatoms. The summed E-state index contributed by atoms with van der Waals surface area (Å²) in [7, 11) is 1.64. The molecule has 0 saturated carbocycles. The van der Waals surface area contributed by atoms with E-state index in [0.717, 1.165) is 19.6 Å². The van der Waals surface area contributed by atoms with Gasteiger partial charge in [-0.15, -0.1) is 11.7 Å².